The molecule has 1 fully saturated rings. The Labute approximate surface area is 85.7 Å². The van der Waals surface area contributed by atoms with Crippen molar-refractivity contribution in [1.82, 2.24) is 10.3 Å². The van der Waals surface area contributed by atoms with Crippen molar-refractivity contribution in [3.05, 3.63) is 30.1 Å². The maximum atomic E-state index is 4.03. The minimum atomic E-state index is 0.439. The summed E-state index contributed by atoms with van der Waals surface area (Å²) in [5, 5.41) is 3.63. The normalized spacial score (nSPS) is 20.4. The van der Waals surface area contributed by atoms with Crippen molar-refractivity contribution in [1.29, 1.82) is 0 Å². The SMILES string of the molecule is C[C@H](N[C@@H](C)C1CC1)c1ccncc1. The van der Waals surface area contributed by atoms with Crippen LogP contribution >= 0.6 is 0 Å². The molecule has 2 heteroatoms. The van der Waals surface area contributed by atoms with E-state index in [-0.39, 0.29) is 0 Å². The third-order valence-corrected chi connectivity index (χ3v) is 3.05. The Balaban J connectivity index is 1.91. The molecule has 14 heavy (non-hydrogen) atoms. The second-order valence-electron chi connectivity index (χ2n) is 4.30. The van der Waals surface area contributed by atoms with E-state index in [2.05, 4.69) is 36.3 Å². The lowest BCUT2D eigenvalue weighted by atomic mass is 10.1. The largest absolute Gasteiger partial charge is 0.307 e. The molecule has 1 N–H and O–H groups in total. The van der Waals surface area contributed by atoms with Gasteiger partial charge in [0.15, 0.2) is 0 Å². The Morgan fingerprint density at radius 1 is 1.29 bits per heavy atom. The van der Waals surface area contributed by atoms with Crippen molar-refractivity contribution in [2.75, 3.05) is 0 Å². The first kappa shape index (κ1) is 9.66. The van der Waals surface area contributed by atoms with Gasteiger partial charge in [-0.2, -0.15) is 0 Å². The minimum Gasteiger partial charge on any atom is -0.307 e. The van der Waals surface area contributed by atoms with Gasteiger partial charge in [0.05, 0.1) is 0 Å². The van der Waals surface area contributed by atoms with E-state index < -0.39 is 0 Å². The smallest absolute Gasteiger partial charge is 0.0295 e. The number of hydrogen-bond donors (Lipinski definition) is 1. The molecule has 2 nitrogen and oxygen atoms in total. The fourth-order valence-electron chi connectivity index (χ4n) is 1.87. The number of rotatable bonds is 4. The molecule has 1 aromatic rings. The van der Waals surface area contributed by atoms with Crippen LogP contribution in [-0.2, 0) is 0 Å². The van der Waals surface area contributed by atoms with E-state index in [9.17, 15) is 0 Å². The number of nitrogens with one attached hydrogen (secondary N) is 1. The Bertz CT molecular complexity index is 280. The topological polar surface area (TPSA) is 24.9 Å². The van der Waals surface area contributed by atoms with Gasteiger partial charge in [-0.05, 0) is 50.3 Å². The zero-order chi connectivity index (χ0) is 9.97. The predicted octanol–water partition coefficient (Wildman–Crippen LogP) is 2.53. The van der Waals surface area contributed by atoms with Crippen LogP contribution in [0.3, 0.4) is 0 Å². The standard InChI is InChI=1S/C12H18N2/c1-9(11-3-4-11)14-10(2)12-5-7-13-8-6-12/h5-11,14H,3-4H2,1-2H3/t9-,10-/m0/s1. The van der Waals surface area contributed by atoms with Crippen molar-refractivity contribution in [3.8, 4) is 0 Å². The molecule has 76 valence electrons. The van der Waals surface area contributed by atoms with Gasteiger partial charge in [-0.15, -0.1) is 0 Å². The van der Waals surface area contributed by atoms with Crippen molar-refractivity contribution < 1.29 is 0 Å². The van der Waals surface area contributed by atoms with Crippen LogP contribution in [0.4, 0.5) is 0 Å². The van der Waals surface area contributed by atoms with Gasteiger partial charge in [-0.1, -0.05) is 0 Å². The highest BCUT2D eigenvalue weighted by Crippen LogP contribution is 2.33. The molecule has 0 unspecified atom stereocenters. The fraction of sp³-hybridized carbons (Fsp3) is 0.583. The molecule has 0 amide bonds. The fourth-order valence-corrected chi connectivity index (χ4v) is 1.87. The monoisotopic (exact) mass is 190 g/mol. The third kappa shape index (κ3) is 2.32. The molecule has 1 heterocycles. The Morgan fingerprint density at radius 2 is 1.93 bits per heavy atom. The average Bonchev–Trinajstić information content (AvgIpc) is 3.02. The third-order valence-electron chi connectivity index (χ3n) is 3.05. The van der Waals surface area contributed by atoms with Crippen LogP contribution in [0.1, 0.15) is 38.3 Å². The summed E-state index contributed by atoms with van der Waals surface area (Å²) in [4.78, 5) is 4.03. The zero-order valence-electron chi connectivity index (χ0n) is 8.90. The number of hydrogen-bond acceptors (Lipinski definition) is 2. The summed E-state index contributed by atoms with van der Waals surface area (Å²) in [7, 11) is 0. The van der Waals surface area contributed by atoms with Gasteiger partial charge in [-0.25, -0.2) is 0 Å². The molecule has 0 radical (unpaired) electrons. The van der Waals surface area contributed by atoms with Crippen LogP contribution in [0.15, 0.2) is 24.5 Å². The lowest BCUT2D eigenvalue weighted by Gasteiger charge is -2.19. The van der Waals surface area contributed by atoms with Crippen LogP contribution in [0.5, 0.6) is 0 Å². The summed E-state index contributed by atoms with van der Waals surface area (Å²) in [5.41, 5.74) is 1.33. The van der Waals surface area contributed by atoms with Gasteiger partial charge in [0.1, 0.15) is 0 Å². The summed E-state index contributed by atoms with van der Waals surface area (Å²) in [6, 6.07) is 5.25. The van der Waals surface area contributed by atoms with Crippen molar-refractivity contribution in [2.45, 2.75) is 38.8 Å². The van der Waals surface area contributed by atoms with E-state index in [1.165, 1.54) is 18.4 Å². The molecule has 1 aliphatic rings. The average molecular weight is 190 g/mol. The molecular weight excluding hydrogens is 172 g/mol. The van der Waals surface area contributed by atoms with Crippen molar-refractivity contribution >= 4 is 0 Å². The number of nitrogens with zero attached hydrogens (tertiary/aromatic N) is 1. The molecule has 1 aliphatic carbocycles. The predicted molar refractivity (Wildman–Crippen MR) is 58.0 cm³/mol. The highest BCUT2D eigenvalue weighted by atomic mass is 15.0. The number of aromatic nitrogens is 1. The van der Waals surface area contributed by atoms with E-state index in [0.717, 1.165) is 5.92 Å². The minimum absolute atomic E-state index is 0.439. The lowest BCUT2D eigenvalue weighted by Crippen LogP contribution is -2.30. The van der Waals surface area contributed by atoms with Crippen LogP contribution < -0.4 is 5.32 Å². The molecule has 0 bridgehead atoms. The molecule has 0 saturated heterocycles. The highest BCUT2D eigenvalue weighted by molar-refractivity contribution is 5.14. The van der Waals surface area contributed by atoms with Crippen molar-refractivity contribution in [3.63, 3.8) is 0 Å². The van der Waals surface area contributed by atoms with E-state index in [0.29, 0.717) is 12.1 Å². The second-order valence-corrected chi connectivity index (χ2v) is 4.30. The zero-order valence-corrected chi connectivity index (χ0v) is 8.90. The van der Waals surface area contributed by atoms with Crippen LogP contribution in [0.25, 0.3) is 0 Å². The quantitative estimate of drug-likeness (QED) is 0.789. The molecule has 1 aromatic heterocycles. The lowest BCUT2D eigenvalue weighted by molar-refractivity contribution is 0.441. The summed E-state index contributed by atoms with van der Waals surface area (Å²) >= 11 is 0. The molecule has 0 aliphatic heterocycles. The molecule has 0 spiro atoms. The summed E-state index contributed by atoms with van der Waals surface area (Å²) in [5.74, 6) is 0.916. The first-order chi connectivity index (χ1) is 6.77. The Kier molecular flexibility index (Phi) is 2.82. The maximum absolute atomic E-state index is 4.03. The van der Waals surface area contributed by atoms with Gasteiger partial charge < -0.3 is 5.32 Å². The molecule has 2 atom stereocenters. The van der Waals surface area contributed by atoms with E-state index in [4.69, 9.17) is 0 Å². The first-order valence-corrected chi connectivity index (χ1v) is 5.43. The summed E-state index contributed by atoms with van der Waals surface area (Å²) in [6.45, 7) is 4.50. The van der Waals surface area contributed by atoms with Gasteiger partial charge in [-0.3, -0.25) is 4.98 Å². The van der Waals surface area contributed by atoms with E-state index in [1.54, 1.807) is 0 Å². The summed E-state index contributed by atoms with van der Waals surface area (Å²) < 4.78 is 0. The second kappa shape index (κ2) is 4.09. The van der Waals surface area contributed by atoms with Gasteiger partial charge in [0, 0.05) is 24.5 Å². The number of pyridine rings is 1. The van der Waals surface area contributed by atoms with Gasteiger partial charge >= 0.3 is 0 Å². The van der Waals surface area contributed by atoms with Crippen LogP contribution in [0, 0.1) is 5.92 Å². The summed E-state index contributed by atoms with van der Waals surface area (Å²) in [6.07, 6.45) is 6.51. The van der Waals surface area contributed by atoms with Crippen LogP contribution in [0.2, 0.25) is 0 Å². The van der Waals surface area contributed by atoms with Gasteiger partial charge in [0.25, 0.3) is 0 Å². The maximum Gasteiger partial charge on any atom is 0.0295 e. The molecule has 0 aromatic carbocycles. The van der Waals surface area contributed by atoms with Gasteiger partial charge in [0.2, 0.25) is 0 Å². The first-order valence-electron chi connectivity index (χ1n) is 5.43. The van der Waals surface area contributed by atoms with E-state index >= 15 is 0 Å². The van der Waals surface area contributed by atoms with Crippen LogP contribution in [-0.4, -0.2) is 11.0 Å². The molecular formula is C12H18N2. The highest BCUT2D eigenvalue weighted by Gasteiger charge is 2.28. The Morgan fingerprint density at radius 3 is 2.50 bits per heavy atom. The van der Waals surface area contributed by atoms with E-state index in [1.807, 2.05) is 12.4 Å². The Hall–Kier alpha value is -0.890. The molecule has 2 rings (SSSR count). The van der Waals surface area contributed by atoms with Crippen molar-refractivity contribution in [2.24, 2.45) is 5.92 Å². The molecule has 1 saturated carbocycles.